The van der Waals surface area contributed by atoms with E-state index in [1.54, 1.807) is 12.1 Å². The Morgan fingerprint density at radius 3 is 2.84 bits per heavy atom. The van der Waals surface area contributed by atoms with Gasteiger partial charge in [-0.2, -0.15) is 0 Å². The quantitative estimate of drug-likeness (QED) is 0.794. The zero-order chi connectivity index (χ0) is 13.8. The molecule has 19 heavy (non-hydrogen) atoms. The molecule has 2 N–H and O–H groups in total. The molecule has 5 heteroatoms. The molecule has 1 aromatic carbocycles. The number of nitrogens with one attached hydrogen (secondary N) is 2. The summed E-state index contributed by atoms with van der Waals surface area (Å²) < 4.78 is 13.7. The smallest absolute Gasteiger partial charge is 0.171 e. The largest absolute Gasteiger partial charge is 0.359 e. The second kappa shape index (κ2) is 6.53. The molecule has 2 rings (SSSR count). The number of hydrogen-bond acceptors (Lipinski definition) is 1. The highest BCUT2D eigenvalue weighted by Crippen LogP contribution is 2.25. The number of rotatable bonds is 2. The third-order valence-corrected chi connectivity index (χ3v) is 4.14. The second-order valence-electron chi connectivity index (χ2n) is 5.07. The molecule has 2 nitrogen and oxygen atoms in total. The summed E-state index contributed by atoms with van der Waals surface area (Å²) in [6.07, 6.45) is 4.82. The predicted molar refractivity (Wildman–Crippen MR) is 82.2 cm³/mol. The highest BCUT2D eigenvalue weighted by Gasteiger charge is 2.21. The molecule has 1 aliphatic carbocycles. The predicted octanol–water partition coefficient (Wildman–Crippen LogP) is 4.34. The first-order chi connectivity index (χ1) is 9.08. The molecule has 0 radical (unpaired) electrons. The Hall–Kier alpha value is -0.870. The first-order valence-corrected chi connectivity index (χ1v) is 7.38. The number of halogens is 2. The topological polar surface area (TPSA) is 24.1 Å². The number of hydrogen-bond donors (Lipinski definition) is 2. The lowest BCUT2D eigenvalue weighted by atomic mass is 9.86. The Bertz CT molecular complexity index is 467. The third-order valence-electron chi connectivity index (χ3n) is 3.63. The molecule has 0 unspecified atom stereocenters. The minimum atomic E-state index is -0.468. The monoisotopic (exact) mass is 300 g/mol. The fourth-order valence-corrected chi connectivity index (χ4v) is 2.89. The van der Waals surface area contributed by atoms with E-state index in [0.717, 1.165) is 6.42 Å². The minimum absolute atomic E-state index is 0.0961. The van der Waals surface area contributed by atoms with Gasteiger partial charge in [0.2, 0.25) is 0 Å². The van der Waals surface area contributed by atoms with E-state index in [2.05, 4.69) is 17.6 Å². The molecule has 0 aromatic heterocycles. The molecule has 0 bridgehead atoms. The standard InChI is InChI=1S/C14H18ClFN2S/c1-9-5-2-3-7-11(9)17-14(19)18-12-8-4-6-10(15)13(12)16/h4,6,8-9,11H,2-3,5,7H2,1H3,(H2,17,18,19)/t9-,11+/m1/s1. The van der Waals surface area contributed by atoms with Crippen LogP contribution < -0.4 is 10.6 Å². The molecule has 104 valence electrons. The van der Waals surface area contributed by atoms with E-state index in [1.165, 1.54) is 25.3 Å². The summed E-state index contributed by atoms with van der Waals surface area (Å²) in [5, 5.41) is 6.71. The SMILES string of the molecule is C[C@@H]1CCCC[C@@H]1NC(=S)Nc1cccc(Cl)c1F. The highest BCUT2D eigenvalue weighted by atomic mass is 35.5. The van der Waals surface area contributed by atoms with E-state index in [1.807, 2.05) is 0 Å². The summed E-state index contributed by atoms with van der Waals surface area (Å²) in [6.45, 7) is 2.22. The summed E-state index contributed by atoms with van der Waals surface area (Å²) in [6, 6.07) is 5.21. The molecule has 1 aliphatic rings. The van der Waals surface area contributed by atoms with E-state index < -0.39 is 5.82 Å². The fourth-order valence-electron chi connectivity index (χ4n) is 2.46. The van der Waals surface area contributed by atoms with Crippen LogP contribution in [-0.2, 0) is 0 Å². The second-order valence-corrected chi connectivity index (χ2v) is 5.88. The van der Waals surface area contributed by atoms with E-state index in [9.17, 15) is 4.39 Å². The lowest BCUT2D eigenvalue weighted by Crippen LogP contribution is -2.43. The van der Waals surface area contributed by atoms with Crippen molar-refractivity contribution in [2.24, 2.45) is 5.92 Å². The molecule has 0 amide bonds. The van der Waals surface area contributed by atoms with Gasteiger partial charge in [-0.1, -0.05) is 37.4 Å². The fraction of sp³-hybridized carbons (Fsp3) is 0.500. The Morgan fingerprint density at radius 1 is 1.37 bits per heavy atom. The minimum Gasteiger partial charge on any atom is -0.359 e. The number of thiocarbonyl (C=S) groups is 1. The number of anilines is 1. The average molecular weight is 301 g/mol. The van der Waals surface area contributed by atoms with Gasteiger partial charge in [-0.3, -0.25) is 0 Å². The van der Waals surface area contributed by atoms with Gasteiger partial charge >= 0.3 is 0 Å². The number of benzene rings is 1. The van der Waals surface area contributed by atoms with Gasteiger partial charge in [0.15, 0.2) is 10.9 Å². The summed E-state index contributed by atoms with van der Waals surface area (Å²) in [4.78, 5) is 0. The van der Waals surface area contributed by atoms with Gasteiger partial charge in [0.1, 0.15) is 0 Å². The van der Waals surface area contributed by atoms with Crippen LogP contribution in [0.1, 0.15) is 32.6 Å². The van der Waals surface area contributed by atoms with E-state index in [-0.39, 0.29) is 5.02 Å². The van der Waals surface area contributed by atoms with Gasteiger partial charge in [0.05, 0.1) is 10.7 Å². The first kappa shape index (κ1) is 14.5. The van der Waals surface area contributed by atoms with Gasteiger partial charge in [0.25, 0.3) is 0 Å². The molecule has 0 spiro atoms. The van der Waals surface area contributed by atoms with Gasteiger partial charge in [-0.05, 0) is 43.1 Å². The van der Waals surface area contributed by atoms with Crippen molar-refractivity contribution >= 4 is 34.6 Å². The normalized spacial score (nSPS) is 22.9. The van der Waals surface area contributed by atoms with E-state index >= 15 is 0 Å². The van der Waals surface area contributed by atoms with Gasteiger partial charge in [-0.25, -0.2) is 4.39 Å². The maximum Gasteiger partial charge on any atom is 0.171 e. The summed E-state index contributed by atoms with van der Waals surface area (Å²) in [7, 11) is 0. The van der Waals surface area contributed by atoms with Crippen LogP contribution in [0.25, 0.3) is 0 Å². The lowest BCUT2D eigenvalue weighted by molar-refractivity contribution is 0.309. The lowest BCUT2D eigenvalue weighted by Gasteiger charge is -2.30. The highest BCUT2D eigenvalue weighted by molar-refractivity contribution is 7.80. The molecule has 0 saturated heterocycles. The average Bonchev–Trinajstić information content (AvgIpc) is 2.38. The zero-order valence-corrected chi connectivity index (χ0v) is 12.5. The molecular formula is C14H18ClFN2S. The van der Waals surface area contributed by atoms with Crippen molar-refractivity contribution < 1.29 is 4.39 Å². The van der Waals surface area contributed by atoms with Crippen molar-refractivity contribution in [3.63, 3.8) is 0 Å². The summed E-state index contributed by atoms with van der Waals surface area (Å²) in [5.41, 5.74) is 0.313. The summed E-state index contributed by atoms with van der Waals surface area (Å²) >= 11 is 11.0. The Kier molecular flexibility index (Phi) is 4.99. The third kappa shape index (κ3) is 3.80. The Balaban J connectivity index is 1.95. The van der Waals surface area contributed by atoms with E-state index in [0.29, 0.717) is 22.8 Å². The molecule has 0 heterocycles. The molecule has 1 fully saturated rings. The Morgan fingerprint density at radius 2 is 2.11 bits per heavy atom. The van der Waals surface area contributed by atoms with Gasteiger partial charge in [0, 0.05) is 6.04 Å². The molecular weight excluding hydrogens is 283 g/mol. The van der Waals surface area contributed by atoms with Crippen LogP contribution in [-0.4, -0.2) is 11.2 Å². The molecule has 2 atom stereocenters. The van der Waals surface area contributed by atoms with Gasteiger partial charge < -0.3 is 10.6 Å². The maximum absolute atomic E-state index is 13.7. The van der Waals surface area contributed by atoms with Crippen molar-refractivity contribution in [1.82, 2.24) is 5.32 Å². The van der Waals surface area contributed by atoms with Crippen molar-refractivity contribution in [3.05, 3.63) is 29.0 Å². The van der Waals surface area contributed by atoms with Crippen molar-refractivity contribution in [2.45, 2.75) is 38.6 Å². The van der Waals surface area contributed by atoms with Crippen molar-refractivity contribution in [1.29, 1.82) is 0 Å². The first-order valence-electron chi connectivity index (χ1n) is 6.59. The van der Waals surface area contributed by atoms with Crippen LogP contribution in [0.2, 0.25) is 5.02 Å². The van der Waals surface area contributed by atoms with Gasteiger partial charge in [-0.15, -0.1) is 0 Å². The zero-order valence-electron chi connectivity index (χ0n) is 10.9. The molecule has 1 aromatic rings. The van der Waals surface area contributed by atoms with Crippen LogP contribution in [0.15, 0.2) is 18.2 Å². The van der Waals surface area contributed by atoms with Crippen LogP contribution in [0.5, 0.6) is 0 Å². The van der Waals surface area contributed by atoms with Crippen molar-refractivity contribution in [2.75, 3.05) is 5.32 Å². The van der Waals surface area contributed by atoms with E-state index in [4.69, 9.17) is 23.8 Å². The van der Waals surface area contributed by atoms with Crippen LogP contribution in [0, 0.1) is 11.7 Å². The van der Waals surface area contributed by atoms with Crippen LogP contribution in [0.3, 0.4) is 0 Å². The van der Waals surface area contributed by atoms with Crippen molar-refractivity contribution in [3.8, 4) is 0 Å². The molecule has 1 saturated carbocycles. The van der Waals surface area contributed by atoms with Crippen LogP contribution in [0.4, 0.5) is 10.1 Å². The van der Waals surface area contributed by atoms with Crippen LogP contribution >= 0.6 is 23.8 Å². The molecule has 0 aliphatic heterocycles. The Labute approximate surface area is 123 Å². The summed E-state index contributed by atoms with van der Waals surface area (Å²) in [5.74, 6) is 0.128. The maximum atomic E-state index is 13.7.